The second-order valence-electron chi connectivity index (χ2n) is 7.51. The van der Waals surface area contributed by atoms with Crippen molar-refractivity contribution in [3.63, 3.8) is 0 Å². The molecule has 0 saturated heterocycles. The molecule has 0 spiro atoms. The van der Waals surface area contributed by atoms with E-state index in [0.717, 1.165) is 6.54 Å². The molecule has 1 aromatic rings. The van der Waals surface area contributed by atoms with Crippen LogP contribution in [-0.4, -0.2) is 17.1 Å². The molecule has 1 saturated carbocycles. The van der Waals surface area contributed by atoms with Crippen LogP contribution >= 0.6 is 0 Å². The molecule has 1 heterocycles. The molecular formula is C16H26FN3. The third-order valence-electron chi connectivity index (χ3n) is 4.01. The van der Waals surface area contributed by atoms with E-state index in [0.29, 0.717) is 29.3 Å². The summed E-state index contributed by atoms with van der Waals surface area (Å²) in [6.07, 6.45) is 2.87. The summed E-state index contributed by atoms with van der Waals surface area (Å²) in [6.45, 7) is 12.0. The SMILES string of the molecule is CC(C)(C)NCc1ccnc(NCC2CC2(C)C)c1F. The Labute approximate surface area is 121 Å². The summed E-state index contributed by atoms with van der Waals surface area (Å²) in [4.78, 5) is 4.12. The first-order valence-corrected chi connectivity index (χ1v) is 7.31. The van der Waals surface area contributed by atoms with Gasteiger partial charge in [0.1, 0.15) is 0 Å². The van der Waals surface area contributed by atoms with Gasteiger partial charge in [-0.15, -0.1) is 0 Å². The summed E-state index contributed by atoms with van der Waals surface area (Å²) in [5.41, 5.74) is 1.03. The van der Waals surface area contributed by atoms with E-state index in [1.807, 2.05) is 0 Å². The minimum atomic E-state index is -0.234. The van der Waals surface area contributed by atoms with Gasteiger partial charge in [-0.2, -0.15) is 0 Å². The van der Waals surface area contributed by atoms with Crippen molar-refractivity contribution in [2.75, 3.05) is 11.9 Å². The van der Waals surface area contributed by atoms with Gasteiger partial charge in [0.15, 0.2) is 11.6 Å². The van der Waals surface area contributed by atoms with Crippen molar-refractivity contribution in [3.05, 3.63) is 23.6 Å². The second kappa shape index (κ2) is 5.32. The Kier molecular flexibility index (Phi) is 4.05. The largest absolute Gasteiger partial charge is 0.367 e. The van der Waals surface area contributed by atoms with Gasteiger partial charge in [0.05, 0.1) is 0 Å². The molecule has 1 aliphatic carbocycles. The van der Waals surface area contributed by atoms with Crippen molar-refractivity contribution in [2.24, 2.45) is 11.3 Å². The van der Waals surface area contributed by atoms with Crippen LogP contribution in [0.1, 0.15) is 46.6 Å². The molecule has 4 heteroatoms. The Bertz CT molecular complexity index is 477. The highest BCUT2D eigenvalue weighted by Crippen LogP contribution is 2.51. The highest BCUT2D eigenvalue weighted by molar-refractivity contribution is 5.40. The van der Waals surface area contributed by atoms with Gasteiger partial charge in [0.2, 0.25) is 0 Å². The standard InChI is InChI=1S/C16H26FN3/c1-15(2,3)20-9-11-6-7-18-14(13(11)17)19-10-12-8-16(12,4)5/h6-7,12,20H,8-10H2,1-5H3,(H,18,19). The van der Waals surface area contributed by atoms with Gasteiger partial charge in [0.25, 0.3) is 0 Å². The smallest absolute Gasteiger partial charge is 0.169 e. The van der Waals surface area contributed by atoms with E-state index >= 15 is 0 Å². The summed E-state index contributed by atoms with van der Waals surface area (Å²) in [5, 5.41) is 6.46. The van der Waals surface area contributed by atoms with Gasteiger partial charge in [-0.25, -0.2) is 9.37 Å². The Morgan fingerprint density at radius 1 is 1.40 bits per heavy atom. The molecule has 0 aromatic carbocycles. The predicted molar refractivity (Wildman–Crippen MR) is 81.2 cm³/mol. The molecule has 0 amide bonds. The van der Waals surface area contributed by atoms with Crippen molar-refractivity contribution in [3.8, 4) is 0 Å². The van der Waals surface area contributed by atoms with Crippen molar-refractivity contribution >= 4 is 5.82 Å². The van der Waals surface area contributed by atoms with E-state index in [1.165, 1.54) is 6.42 Å². The second-order valence-corrected chi connectivity index (χ2v) is 7.51. The molecule has 0 radical (unpaired) electrons. The maximum absolute atomic E-state index is 14.3. The predicted octanol–water partition coefficient (Wildman–Crippen LogP) is 3.57. The molecule has 20 heavy (non-hydrogen) atoms. The van der Waals surface area contributed by atoms with Gasteiger partial charge in [-0.3, -0.25) is 0 Å². The molecule has 3 nitrogen and oxygen atoms in total. The average molecular weight is 279 g/mol. The average Bonchev–Trinajstić information content (AvgIpc) is 2.93. The molecule has 2 rings (SSSR count). The number of hydrogen-bond donors (Lipinski definition) is 2. The Hall–Kier alpha value is -1.16. The van der Waals surface area contributed by atoms with Gasteiger partial charge in [-0.1, -0.05) is 13.8 Å². The number of nitrogens with one attached hydrogen (secondary N) is 2. The summed E-state index contributed by atoms with van der Waals surface area (Å²) < 4.78 is 14.3. The number of halogens is 1. The lowest BCUT2D eigenvalue weighted by Crippen LogP contribution is -2.35. The van der Waals surface area contributed by atoms with Crippen LogP contribution in [-0.2, 0) is 6.54 Å². The highest BCUT2D eigenvalue weighted by Gasteiger charge is 2.45. The Morgan fingerprint density at radius 3 is 2.60 bits per heavy atom. The van der Waals surface area contributed by atoms with E-state index in [-0.39, 0.29) is 11.4 Å². The van der Waals surface area contributed by atoms with Crippen molar-refractivity contribution < 1.29 is 4.39 Å². The lowest BCUT2D eigenvalue weighted by molar-refractivity contribution is 0.418. The molecule has 1 atom stereocenters. The van der Waals surface area contributed by atoms with Crippen LogP contribution in [0.5, 0.6) is 0 Å². The lowest BCUT2D eigenvalue weighted by atomic mass is 10.1. The van der Waals surface area contributed by atoms with E-state index in [1.54, 1.807) is 12.3 Å². The lowest BCUT2D eigenvalue weighted by Gasteiger charge is -2.21. The fourth-order valence-electron chi connectivity index (χ4n) is 2.25. The topological polar surface area (TPSA) is 37.0 Å². The number of nitrogens with zero attached hydrogens (tertiary/aromatic N) is 1. The highest BCUT2D eigenvalue weighted by atomic mass is 19.1. The van der Waals surface area contributed by atoms with E-state index in [9.17, 15) is 4.39 Å². The first kappa shape index (κ1) is 15.2. The van der Waals surface area contributed by atoms with Crippen LogP contribution in [0.4, 0.5) is 10.2 Å². The number of hydrogen-bond acceptors (Lipinski definition) is 3. The number of pyridine rings is 1. The van der Waals surface area contributed by atoms with E-state index in [4.69, 9.17) is 0 Å². The quantitative estimate of drug-likeness (QED) is 0.865. The third kappa shape index (κ3) is 3.92. The zero-order valence-electron chi connectivity index (χ0n) is 13.2. The maximum Gasteiger partial charge on any atom is 0.169 e. The van der Waals surface area contributed by atoms with Crippen molar-refractivity contribution in [1.82, 2.24) is 10.3 Å². The van der Waals surface area contributed by atoms with Crippen LogP contribution in [0, 0.1) is 17.2 Å². The minimum absolute atomic E-state index is 0.0264. The van der Waals surface area contributed by atoms with Gasteiger partial charge >= 0.3 is 0 Å². The molecule has 112 valence electrons. The van der Waals surface area contributed by atoms with Gasteiger partial charge < -0.3 is 10.6 Å². The first-order chi connectivity index (χ1) is 9.19. The van der Waals surface area contributed by atoms with Crippen LogP contribution in [0.3, 0.4) is 0 Å². The number of anilines is 1. The van der Waals surface area contributed by atoms with Crippen LogP contribution in [0.2, 0.25) is 0 Å². The zero-order valence-corrected chi connectivity index (χ0v) is 13.2. The molecule has 1 aliphatic rings. The maximum atomic E-state index is 14.3. The summed E-state index contributed by atoms with van der Waals surface area (Å²) in [7, 11) is 0. The molecular weight excluding hydrogens is 253 g/mol. The molecule has 1 aromatic heterocycles. The van der Waals surface area contributed by atoms with Gasteiger partial charge in [-0.05, 0) is 44.6 Å². The molecule has 1 fully saturated rings. The Morgan fingerprint density at radius 2 is 2.05 bits per heavy atom. The van der Waals surface area contributed by atoms with Crippen molar-refractivity contribution in [1.29, 1.82) is 0 Å². The van der Waals surface area contributed by atoms with E-state index in [2.05, 4.69) is 50.2 Å². The minimum Gasteiger partial charge on any atom is -0.367 e. The molecule has 0 bridgehead atoms. The number of rotatable bonds is 5. The fraction of sp³-hybridized carbons (Fsp3) is 0.688. The molecule has 2 N–H and O–H groups in total. The zero-order chi connectivity index (χ0) is 15.0. The Balaban J connectivity index is 1.96. The number of aromatic nitrogens is 1. The van der Waals surface area contributed by atoms with Crippen LogP contribution in [0.25, 0.3) is 0 Å². The van der Waals surface area contributed by atoms with Gasteiger partial charge in [0, 0.05) is 30.4 Å². The summed E-state index contributed by atoms with van der Waals surface area (Å²) in [5.74, 6) is 0.767. The summed E-state index contributed by atoms with van der Waals surface area (Å²) >= 11 is 0. The van der Waals surface area contributed by atoms with Crippen LogP contribution < -0.4 is 10.6 Å². The summed E-state index contributed by atoms with van der Waals surface area (Å²) in [6, 6.07) is 1.74. The third-order valence-corrected chi connectivity index (χ3v) is 4.01. The van der Waals surface area contributed by atoms with E-state index < -0.39 is 0 Å². The fourth-order valence-corrected chi connectivity index (χ4v) is 2.25. The molecule has 0 aliphatic heterocycles. The normalized spacial score (nSPS) is 20.8. The first-order valence-electron chi connectivity index (χ1n) is 7.31. The van der Waals surface area contributed by atoms with Crippen molar-refractivity contribution in [2.45, 2.75) is 53.1 Å². The monoisotopic (exact) mass is 279 g/mol. The van der Waals surface area contributed by atoms with Crippen LogP contribution in [0.15, 0.2) is 12.3 Å². The molecule has 1 unspecified atom stereocenters.